The Hall–Kier alpha value is -0.950. The van der Waals surface area contributed by atoms with Gasteiger partial charge in [-0.3, -0.25) is 9.58 Å². The fourth-order valence-electron chi connectivity index (χ4n) is 4.44. The van der Waals surface area contributed by atoms with Gasteiger partial charge in [0.25, 0.3) is 5.16 Å². The Labute approximate surface area is 125 Å². The first kappa shape index (κ1) is 13.7. The molecule has 1 saturated heterocycles. The lowest BCUT2D eigenvalue weighted by molar-refractivity contribution is 0.214. The summed E-state index contributed by atoms with van der Waals surface area (Å²) in [5.41, 5.74) is -0.0236. The highest BCUT2D eigenvalue weighted by atomic mass is 32.2. The van der Waals surface area contributed by atoms with Crippen LogP contribution in [0.1, 0.15) is 39.0 Å². The fraction of sp³-hybridized carbons (Fsp3) is 0.857. The highest BCUT2D eigenvalue weighted by molar-refractivity contribution is 7.91. The second-order valence-electron chi connectivity index (χ2n) is 6.82. The molecule has 0 unspecified atom stereocenters. The van der Waals surface area contributed by atoms with Gasteiger partial charge < -0.3 is 0 Å². The molecule has 4 bridgehead atoms. The molecule has 1 saturated carbocycles. The molecule has 1 aromatic rings. The van der Waals surface area contributed by atoms with Gasteiger partial charge in [0, 0.05) is 24.0 Å². The van der Waals surface area contributed by atoms with E-state index in [0.717, 1.165) is 32.4 Å². The second kappa shape index (κ2) is 4.52. The number of fused-ring (bicyclic) bond motifs is 3. The van der Waals surface area contributed by atoms with Crippen molar-refractivity contribution in [3.63, 3.8) is 0 Å². The number of aromatic nitrogens is 3. The van der Waals surface area contributed by atoms with Gasteiger partial charge in [-0.1, -0.05) is 13.3 Å². The van der Waals surface area contributed by atoms with E-state index >= 15 is 0 Å². The zero-order valence-electron chi connectivity index (χ0n) is 12.4. The number of sulfone groups is 1. The van der Waals surface area contributed by atoms with Crippen molar-refractivity contribution in [3.05, 3.63) is 6.33 Å². The zero-order valence-corrected chi connectivity index (χ0v) is 13.2. The van der Waals surface area contributed by atoms with Crippen LogP contribution in [0, 0.1) is 5.41 Å². The Morgan fingerprint density at radius 1 is 1.38 bits per heavy atom. The van der Waals surface area contributed by atoms with E-state index in [-0.39, 0.29) is 16.3 Å². The summed E-state index contributed by atoms with van der Waals surface area (Å²) in [6.07, 6.45) is 7.00. The number of likely N-dealkylation sites (tertiary alicyclic amines) is 1. The third-order valence-corrected chi connectivity index (χ3v) is 7.17. The molecule has 0 radical (unpaired) electrons. The molecule has 1 aliphatic carbocycles. The van der Waals surface area contributed by atoms with Crippen molar-refractivity contribution in [2.75, 3.05) is 12.3 Å². The van der Waals surface area contributed by atoms with Crippen LogP contribution >= 0.6 is 0 Å². The number of hydrogen-bond acceptors (Lipinski definition) is 5. The summed E-state index contributed by atoms with van der Waals surface area (Å²) >= 11 is 0. The summed E-state index contributed by atoms with van der Waals surface area (Å²) in [6, 6.07) is 1.03. The Bertz CT molecular complexity index is 656. The van der Waals surface area contributed by atoms with Crippen LogP contribution in [0.15, 0.2) is 11.5 Å². The lowest BCUT2D eigenvalue weighted by Crippen LogP contribution is -2.32. The van der Waals surface area contributed by atoms with E-state index in [0.29, 0.717) is 12.1 Å². The summed E-state index contributed by atoms with van der Waals surface area (Å²) in [6.45, 7) is 3.98. The van der Waals surface area contributed by atoms with Gasteiger partial charge in [-0.25, -0.2) is 13.4 Å². The SMILES string of the molecule is CCN1[C@@H]2CCCCn3cnc(n3)S(=O)(=O)C[C@]3(C2)C[C@@H]13. The average Bonchev–Trinajstić information content (AvgIpc) is 2.84. The molecule has 7 heteroatoms. The quantitative estimate of drug-likeness (QED) is 0.776. The Balaban J connectivity index is 1.69. The lowest BCUT2D eigenvalue weighted by atomic mass is 9.98. The van der Waals surface area contributed by atoms with Crippen molar-refractivity contribution in [2.45, 2.75) is 62.8 Å². The third kappa shape index (κ3) is 2.12. The topological polar surface area (TPSA) is 68.1 Å². The van der Waals surface area contributed by atoms with E-state index in [1.165, 1.54) is 12.8 Å². The van der Waals surface area contributed by atoms with Crippen molar-refractivity contribution >= 4 is 9.84 Å². The molecule has 6 nitrogen and oxygen atoms in total. The van der Waals surface area contributed by atoms with E-state index < -0.39 is 9.84 Å². The van der Waals surface area contributed by atoms with Gasteiger partial charge in [0.15, 0.2) is 0 Å². The lowest BCUT2D eigenvalue weighted by Gasteiger charge is -2.26. The van der Waals surface area contributed by atoms with Crippen molar-refractivity contribution in [1.29, 1.82) is 0 Å². The van der Waals surface area contributed by atoms with E-state index in [9.17, 15) is 8.42 Å². The van der Waals surface area contributed by atoms with Crippen LogP contribution in [-0.2, 0) is 16.4 Å². The highest BCUT2D eigenvalue weighted by Crippen LogP contribution is 2.61. The van der Waals surface area contributed by atoms with Gasteiger partial charge in [-0.15, -0.1) is 5.10 Å². The van der Waals surface area contributed by atoms with Crippen LogP contribution < -0.4 is 0 Å². The fourth-order valence-corrected chi connectivity index (χ4v) is 6.19. The standard InChI is InChI=1S/C14H22N4O2S/c1-2-18-11-5-3-4-6-17-10-15-13(16-17)21(19,20)9-14(7-11)8-12(14)18/h10-12H,2-9H2,1H3/t11-,12-,14+/m1/s1. The first-order valence-corrected chi connectivity index (χ1v) is 9.57. The zero-order chi connectivity index (χ0) is 14.7. The Kier molecular flexibility index (Phi) is 2.95. The monoisotopic (exact) mass is 310 g/mol. The van der Waals surface area contributed by atoms with Crippen LogP contribution in [-0.4, -0.2) is 52.5 Å². The van der Waals surface area contributed by atoms with Crippen molar-refractivity contribution < 1.29 is 8.42 Å². The van der Waals surface area contributed by atoms with Gasteiger partial charge in [-0.2, -0.15) is 0 Å². The predicted octanol–water partition coefficient (Wildman–Crippen LogP) is 1.09. The summed E-state index contributed by atoms with van der Waals surface area (Å²) in [7, 11) is -3.36. The minimum atomic E-state index is -3.36. The molecule has 0 amide bonds. The molecular weight excluding hydrogens is 288 g/mol. The maximum absolute atomic E-state index is 12.6. The molecule has 0 N–H and O–H groups in total. The van der Waals surface area contributed by atoms with E-state index in [1.807, 2.05) is 0 Å². The van der Waals surface area contributed by atoms with E-state index in [4.69, 9.17) is 0 Å². The summed E-state index contributed by atoms with van der Waals surface area (Å²) in [5, 5.41) is 4.19. The van der Waals surface area contributed by atoms with Gasteiger partial charge >= 0.3 is 0 Å². The van der Waals surface area contributed by atoms with Crippen LogP contribution in [0.3, 0.4) is 0 Å². The number of aryl methyl sites for hydroxylation is 1. The van der Waals surface area contributed by atoms with Gasteiger partial charge in [0.1, 0.15) is 6.33 Å². The number of nitrogens with zero attached hydrogens (tertiary/aromatic N) is 4. The maximum Gasteiger partial charge on any atom is 0.266 e. The molecule has 3 heterocycles. The molecule has 4 rings (SSSR count). The molecule has 2 fully saturated rings. The number of piperidine rings is 1. The first-order chi connectivity index (χ1) is 10.0. The van der Waals surface area contributed by atoms with Crippen molar-refractivity contribution in [2.24, 2.45) is 5.41 Å². The Morgan fingerprint density at radius 2 is 2.24 bits per heavy atom. The molecule has 21 heavy (non-hydrogen) atoms. The normalized spacial score (nSPS) is 38.3. The summed E-state index contributed by atoms with van der Waals surface area (Å²) in [4.78, 5) is 6.57. The minimum Gasteiger partial charge on any atom is -0.297 e. The molecule has 0 aromatic carbocycles. The van der Waals surface area contributed by atoms with Gasteiger partial charge in [-0.05, 0) is 32.2 Å². The Morgan fingerprint density at radius 3 is 3.05 bits per heavy atom. The van der Waals surface area contributed by atoms with Crippen molar-refractivity contribution in [1.82, 2.24) is 19.7 Å². The van der Waals surface area contributed by atoms with Crippen LogP contribution in [0.4, 0.5) is 0 Å². The molecule has 2 aliphatic heterocycles. The smallest absolute Gasteiger partial charge is 0.266 e. The number of rotatable bonds is 1. The number of hydrogen-bond donors (Lipinski definition) is 0. The molecule has 1 aromatic heterocycles. The molecule has 3 atom stereocenters. The first-order valence-electron chi connectivity index (χ1n) is 7.92. The maximum atomic E-state index is 12.6. The van der Waals surface area contributed by atoms with E-state index in [2.05, 4.69) is 21.9 Å². The summed E-state index contributed by atoms with van der Waals surface area (Å²) < 4.78 is 26.9. The minimum absolute atomic E-state index is 0.0228. The van der Waals surface area contributed by atoms with E-state index in [1.54, 1.807) is 11.0 Å². The summed E-state index contributed by atoms with van der Waals surface area (Å²) in [5.74, 6) is 0.224. The average molecular weight is 310 g/mol. The second-order valence-corrected chi connectivity index (χ2v) is 8.70. The van der Waals surface area contributed by atoms with Crippen LogP contribution in [0.5, 0.6) is 0 Å². The van der Waals surface area contributed by atoms with Crippen molar-refractivity contribution in [3.8, 4) is 0 Å². The molecule has 116 valence electrons. The molecule has 1 spiro atoms. The third-order valence-electron chi connectivity index (χ3n) is 5.47. The molecular formula is C14H22N4O2S. The van der Waals surface area contributed by atoms with Gasteiger partial charge in [0.2, 0.25) is 9.84 Å². The van der Waals surface area contributed by atoms with Gasteiger partial charge in [0.05, 0.1) is 5.75 Å². The van der Waals surface area contributed by atoms with Crippen LogP contribution in [0.2, 0.25) is 0 Å². The predicted molar refractivity (Wildman–Crippen MR) is 77.5 cm³/mol. The highest BCUT2D eigenvalue weighted by Gasteiger charge is 2.65. The largest absolute Gasteiger partial charge is 0.297 e. The van der Waals surface area contributed by atoms with Crippen LogP contribution in [0.25, 0.3) is 0 Å². The molecule has 3 aliphatic rings.